The SMILES string of the molecule is Nc1ccc2cc(S(=O)(=O)O)cc(O)c2c1N=Nc1ccc(-c2ccc(N=Nc3cc(S(=O)(=O)[O-])c4ccccc4c3N)cc2)cc1. The van der Waals surface area contributed by atoms with Gasteiger partial charge in [0.15, 0.2) is 0 Å². The van der Waals surface area contributed by atoms with Gasteiger partial charge in [-0.2, -0.15) is 18.6 Å². The van der Waals surface area contributed by atoms with Crippen molar-refractivity contribution in [1.29, 1.82) is 0 Å². The maximum atomic E-state index is 11.9. The highest BCUT2D eigenvalue weighted by Gasteiger charge is 2.17. The van der Waals surface area contributed by atoms with Gasteiger partial charge in [0, 0.05) is 16.8 Å². The largest absolute Gasteiger partial charge is 0.744 e. The molecule has 6 rings (SSSR count). The fourth-order valence-corrected chi connectivity index (χ4v) is 6.21. The molecular weight excluding hydrogens is 645 g/mol. The lowest BCUT2D eigenvalue weighted by molar-refractivity contribution is 0.464. The molecule has 0 aliphatic heterocycles. The molecule has 6 aromatic rings. The summed E-state index contributed by atoms with van der Waals surface area (Å²) in [5.41, 5.74) is 15.5. The molecule has 0 saturated carbocycles. The number of nitrogens with zero attached hydrogens (tertiary/aromatic N) is 4. The van der Waals surface area contributed by atoms with Crippen LogP contribution in [0.5, 0.6) is 5.75 Å². The molecule has 0 atom stereocenters. The van der Waals surface area contributed by atoms with Crippen LogP contribution >= 0.6 is 0 Å². The van der Waals surface area contributed by atoms with Crippen molar-refractivity contribution in [3.05, 3.63) is 103 Å². The number of anilines is 2. The molecule has 0 radical (unpaired) electrons. The fourth-order valence-electron chi connectivity index (χ4n) is 4.97. The summed E-state index contributed by atoms with van der Waals surface area (Å²) in [5.74, 6) is -0.435. The molecule has 0 aromatic heterocycles. The van der Waals surface area contributed by atoms with Gasteiger partial charge in [0.05, 0.1) is 37.9 Å². The molecule has 0 aliphatic carbocycles. The van der Waals surface area contributed by atoms with E-state index in [1.165, 1.54) is 24.3 Å². The van der Waals surface area contributed by atoms with Crippen LogP contribution in [-0.4, -0.2) is 31.0 Å². The second-order valence-corrected chi connectivity index (χ2v) is 13.1. The summed E-state index contributed by atoms with van der Waals surface area (Å²) in [6.45, 7) is 0. The zero-order valence-corrected chi connectivity index (χ0v) is 25.6. The first-order chi connectivity index (χ1) is 22.3. The average molecular weight is 668 g/mol. The van der Waals surface area contributed by atoms with Gasteiger partial charge in [0.1, 0.15) is 27.2 Å². The van der Waals surface area contributed by atoms with Crippen LogP contribution in [0.25, 0.3) is 32.7 Å². The number of nitrogens with two attached hydrogens (primary N) is 2. The fraction of sp³-hybridized carbons (Fsp3) is 0. The van der Waals surface area contributed by atoms with Gasteiger partial charge in [0.2, 0.25) is 0 Å². The van der Waals surface area contributed by atoms with E-state index in [0.29, 0.717) is 22.1 Å². The minimum absolute atomic E-state index is 0.0512. The maximum Gasteiger partial charge on any atom is 0.294 e. The van der Waals surface area contributed by atoms with Crippen LogP contribution in [0.4, 0.5) is 34.1 Å². The molecule has 0 bridgehead atoms. The van der Waals surface area contributed by atoms with Crippen molar-refractivity contribution >= 4 is 75.9 Å². The second-order valence-electron chi connectivity index (χ2n) is 10.3. The van der Waals surface area contributed by atoms with Gasteiger partial charge in [-0.1, -0.05) is 54.6 Å². The first-order valence-corrected chi connectivity index (χ1v) is 16.5. The lowest BCUT2D eigenvalue weighted by Gasteiger charge is -2.13. The molecule has 0 aliphatic rings. The molecule has 0 heterocycles. The summed E-state index contributed by atoms with van der Waals surface area (Å²) in [7, 11) is -9.33. The smallest absolute Gasteiger partial charge is 0.294 e. The Kier molecular flexibility index (Phi) is 7.90. The number of rotatable bonds is 7. The number of benzene rings is 6. The second kappa shape index (κ2) is 11.9. The van der Waals surface area contributed by atoms with Crippen LogP contribution in [0.1, 0.15) is 0 Å². The zero-order chi connectivity index (χ0) is 33.5. The Hall–Kier alpha value is -5.74. The number of aromatic hydroxyl groups is 1. The Morgan fingerprint density at radius 1 is 0.660 bits per heavy atom. The quantitative estimate of drug-likeness (QED) is 0.0747. The van der Waals surface area contributed by atoms with Gasteiger partial charge in [-0.05, 0) is 59.0 Å². The highest BCUT2D eigenvalue weighted by Crippen LogP contribution is 2.41. The number of nitrogen functional groups attached to an aromatic ring is 2. The van der Waals surface area contributed by atoms with Crippen molar-refractivity contribution in [3.63, 3.8) is 0 Å². The normalized spacial score (nSPS) is 12.5. The first-order valence-electron chi connectivity index (χ1n) is 13.6. The Morgan fingerprint density at radius 3 is 1.81 bits per heavy atom. The van der Waals surface area contributed by atoms with Crippen molar-refractivity contribution < 1.29 is 31.0 Å². The zero-order valence-electron chi connectivity index (χ0n) is 24.0. The molecule has 15 heteroatoms. The molecule has 6 aromatic carbocycles. The molecule has 0 amide bonds. The summed E-state index contributed by atoms with van der Waals surface area (Å²) in [6.07, 6.45) is 0. The van der Waals surface area contributed by atoms with Gasteiger partial charge in [-0.3, -0.25) is 4.55 Å². The van der Waals surface area contributed by atoms with E-state index in [1.807, 2.05) is 24.3 Å². The van der Waals surface area contributed by atoms with E-state index in [4.69, 9.17) is 11.5 Å². The van der Waals surface area contributed by atoms with E-state index in [1.54, 1.807) is 42.5 Å². The van der Waals surface area contributed by atoms with Crippen LogP contribution in [0.2, 0.25) is 0 Å². The highest BCUT2D eigenvalue weighted by atomic mass is 32.2. The van der Waals surface area contributed by atoms with E-state index < -0.39 is 35.8 Å². The summed E-state index contributed by atoms with van der Waals surface area (Å²) >= 11 is 0. The summed E-state index contributed by atoms with van der Waals surface area (Å²) in [6, 6.07) is 26.7. The minimum atomic E-state index is -4.79. The highest BCUT2D eigenvalue weighted by molar-refractivity contribution is 7.86. The van der Waals surface area contributed by atoms with Crippen molar-refractivity contribution in [2.45, 2.75) is 9.79 Å². The van der Waals surface area contributed by atoms with E-state index in [0.717, 1.165) is 23.3 Å². The van der Waals surface area contributed by atoms with E-state index in [2.05, 4.69) is 20.5 Å². The van der Waals surface area contributed by atoms with Crippen LogP contribution in [-0.2, 0) is 20.2 Å². The topological polar surface area (TPSA) is 233 Å². The first kappa shape index (κ1) is 31.3. The number of hydrogen-bond acceptors (Lipinski definition) is 12. The third-order valence-electron chi connectivity index (χ3n) is 7.27. The van der Waals surface area contributed by atoms with Gasteiger partial charge in [0.25, 0.3) is 10.1 Å². The molecule has 6 N–H and O–H groups in total. The Labute approximate surface area is 268 Å². The molecule has 0 saturated heterocycles. The molecular formula is C32H23N6O7S2-. The van der Waals surface area contributed by atoms with Crippen molar-refractivity contribution in [2.75, 3.05) is 11.5 Å². The summed E-state index contributed by atoms with van der Waals surface area (Å²) < 4.78 is 68.1. The van der Waals surface area contributed by atoms with E-state index >= 15 is 0 Å². The Balaban J connectivity index is 1.22. The van der Waals surface area contributed by atoms with Gasteiger partial charge in [-0.15, -0.1) is 10.2 Å². The predicted octanol–water partition coefficient (Wildman–Crippen LogP) is 7.51. The van der Waals surface area contributed by atoms with E-state index in [-0.39, 0.29) is 33.5 Å². The number of phenols is 1. The van der Waals surface area contributed by atoms with E-state index in [9.17, 15) is 31.0 Å². The van der Waals surface area contributed by atoms with Crippen molar-refractivity contribution in [1.82, 2.24) is 0 Å². The molecule has 236 valence electrons. The van der Waals surface area contributed by atoms with Crippen molar-refractivity contribution in [2.24, 2.45) is 20.5 Å². The molecule has 47 heavy (non-hydrogen) atoms. The third kappa shape index (κ3) is 6.36. The lowest BCUT2D eigenvalue weighted by Crippen LogP contribution is -2.01. The van der Waals surface area contributed by atoms with Gasteiger partial charge >= 0.3 is 0 Å². The lowest BCUT2D eigenvalue weighted by atomic mass is 10.1. The van der Waals surface area contributed by atoms with Crippen LogP contribution in [0.3, 0.4) is 0 Å². The van der Waals surface area contributed by atoms with Crippen LogP contribution in [0.15, 0.2) is 133 Å². The molecule has 0 spiro atoms. The Bertz CT molecular complexity index is 2480. The van der Waals surface area contributed by atoms with Crippen LogP contribution in [0, 0.1) is 0 Å². The number of phenolic OH excluding ortho intramolecular Hbond substituents is 1. The molecule has 13 nitrogen and oxygen atoms in total. The monoisotopic (exact) mass is 667 g/mol. The number of hydrogen-bond donors (Lipinski definition) is 4. The Morgan fingerprint density at radius 2 is 1.23 bits per heavy atom. The van der Waals surface area contributed by atoms with Gasteiger partial charge in [-0.25, -0.2) is 8.42 Å². The standard InChI is InChI=1S/C32H24N6O7S2/c33-26-14-9-20-15-23(46(40,41)42)16-28(39)30(20)32(26)38-36-22-12-7-19(8-13-22)18-5-10-21(11-6-18)35-37-27-17-29(47(43,44)45)24-3-1-2-4-25(24)31(27)34/h1-17,39H,33-34H2,(H,40,41,42)(H,43,44,45)/p-1. The summed E-state index contributed by atoms with van der Waals surface area (Å²) in [4.78, 5) is -0.897. The maximum absolute atomic E-state index is 11.9. The third-order valence-corrected chi connectivity index (χ3v) is 8.98. The number of azo groups is 2. The molecule has 0 fully saturated rings. The number of fused-ring (bicyclic) bond motifs is 2. The predicted molar refractivity (Wildman–Crippen MR) is 176 cm³/mol. The molecule has 0 unspecified atom stereocenters. The summed E-state index contributed by atoms with van der Waals surface area (Å²) in [5, 5.41) is 28.3. The average Bonchev–Trinajstić information content (AvgIpc) is 3.03. The van der Waals surface area contributed by atoms with Gasteiger partial charge < -0.3 is 21.1 Å². The van der Waals surface area contributed by atoms with Crippen LogP contribution < -0.4 is 11.5 Å². The van der Waals surface area contributed by atoms with Crippen molar-refractivity contribution in [3.8, 4) is 16.9 Å². The minimum Gasteiger partial charge on any atom is -0.744 e.